The molecule has 7 atom stereocenters. The van der Waals surface area contributed by atoms with E-state index in [4.69, 9.17) is 9.47 Å². The van der Waals surface area contributed by atoms with Gasteiger partial charge in [-0.1, -0.05) is 13.3 Å². The van der Waals surface area contributed by atoms with E-state index >= 15 is 0 Å². The molecule has 4 aliphatic rings. The average Bonchev–Trinajstić information content (AvgIpc) is 2.97. The first-order valence-corrected chi connectivity index (χ1v) is 10.7. The summed E-state index contributed by atoms with van der Waals surface area (Å²) in [4.78, 5) is 0. The second kappa shape index (κ2) is 6.49. The molecule has 0 aliphatic heterocycles. The van der Waals surface area contributed by atoms with Gasteiger partial charge in [-0.25, -0.2) is 0 Å². The highest BCUT2D eigenvalue weighted by Gasteiger charge is 2.61. The summed E-state index contributed by atoms with van der Waals surface area (Å²) in [6, 6.07) is 0. The number of methoxy groups -OCH3 is 2. The molecule has 0 radical (unpaired) electrons. The molecule has 0 saturated heterocycles. The fraction of sp³-hybridized carbons (Fsp3) is 1.00. The predicted molar refractivity (Wildman–Crippen MR) is 99.4 cm³/mol. The zero-order valence-corrected chi connectivity index (χ0v) is 16.6. The van der Waals surface area contributed by atoms with Gasteiger partial charge in [0.1, 0.15) is 0 Å². The summed E-state index contributed by atoms with van der Waals surface area (Å²) < 4.78 is 11.2. The van der Waals surface area contributed by atoms with Crippen molar-refractivity contribution in [2.24, 2.45) is 34.5 Å². The minimum absolute atomic E-state index is 0.307. The van der Waals surface area contributed by atoms with Gasteiger partial charge in [-0.05, 0) is 92.3 Å². The summed E-state index contributed by atoms with van der Waals surface area (Å²) >= 11 is 0. The van der Waals surface area contributed by atoms with E-state index in [9.17, 15) is 5.11 Å². The Bertz CT molecular complexity index is 494. The highest BCUT2D eigenvalue weighted by Crippen LogP contribution is 2.67. The van der Waals surface area contributed by atoms with Crippen molar-refractivity contribution in [1.82, 2.24) is 0 Å². The van der Waals surface area contributed by atoms with Crippen LogP contribution in [0.1, 0.15) is 71.1 Å². The van der Waals surface area contributed by atoms with E-state index in [1.807, 2.05) is 7.11 Å². The van der Waals surface area contributed by atoms with E-state index in [-0.39, 0.29) is 0 Å². The first-order chi connectivity index (χ1) is 12.0. The topological polar surface area (TPSA) is 38.7 Å². The molecule has 25 heavy (non-hydrogen) atoms. The minimum Gasteiger partial charge on any atom is -0.387 e. The Labute approximate surface area is 153 Å². The van der Waals surface area contributed by atoms with Crippen molar-refractivity contribution in [3.63, 3.8) is 0 Å². The Hall–Kier alpha value is -0.120. The number of rotatable bonds is 4. The van der Waals surface area contributed by atoms with Gasteiger partial charge in [0, 0.05) is 14.2 Å². The van der Waals surface area contributed by atoms with E-state index in [1.165, 1.54) is 44.9 Å². The summed E-state index contributed by atoms with van der Waals surface area (Å²) in [6.07, 6.45) is 12.7. The second-order valence-electron chi connectivity index (χ2n) is 10.3. The van der Waals surface area contributed by atoms with Gasteiger partial charge in [-0.15, -0.1) is 0 Å². The smallest absolute Gasteiger partial charge is 0.0883 e. The van der Waals surface area contributed by atoms with Gasteiger partial charge < -0.3 is 14.6 Å². The molecule has 0 bridgehead atoms. The molecular formula is C22H38O3. The third-order valence-electron chi connectivity index (χ3n) is 9.13. The molecule has 4 fully saturated rings. The van der Waals surface area contributed by atoms with Crippen molar-refractivity contribution >= 4 is 0 Å². The van der Waals surface area contributed by atoms with Crippen molar-refractivity contribution in [3.8, 4) is 0 Å². The van der Waals surface area contributed by atoms with Crippen molar-refractivity contribution in [3.05, 3.63) is 0 Å². The molecule has 3 nitrogen and oxygen atoms in total. The molecule has 144 valence electrons. The summed E-state index contributed by atoms with van der Waals surface area (Å²) in [5.74, 6) is 3.27. The Morgan fingerprint density at radius 2 is 1.68 bits per heavy atom. The Morgan fingerprint density at radius 3 is 2.44 bits per heavy atom. The number of aliphatic hydroxyl groups is 1. The molecule has 4 saturated carbocycles. The lowest BCUT2D eigenvalue weighted by molar-refractivity contribution is -0.184. The Morgan fingerprint density at radius 1 is 0.880 bits per heavy atom. The standard InChI is InChI=1S/C22H38O3/c1-20-9-4-5-18(20)17-7-6-16-13-21(23,14-24-2)11-12-22(16,15-25-3)19(17)8-10-20/h16-19,23H,4-15H2,1-3H3/t16-,17-,18-,19-,20-,21+,22+/m0/s1. The quantitative estimate of drug-likeness (QED) is 0.815. The van der Waals surface area contributed by atoms with Crippen LogP contribution >= 0.6 is 0 Å². The van der Waals surface area contributed by atoms with Crippen molar-refractivity contribution in [2.75, 3.05) is 27.4 Å². The van der Waals surface area contributed by atoms with Crippen molar-refractivity contribution < 1.29 is 14.6 Å². The number of fused-ring (bicyclic) bond motifs is 5. The molecule has 1 N–H and O–H groups in total. The predicted octanol–water partition coefficient (Wildman–Crippen LogP) is 4.42. The molecule has 0 aromatic heterocycles. The largest absolute Gasteiger partial charge is 0.387 e. The first kappa shape index (κ1) is 18.3. The lowest BCUT2D eigenvalue weighted by atomic mass is 9.44. The van der Waals surface area contributed by atoms with Crippen LogP contribution in [-0.4, -0.2) is 38.1 Å². The lowest BCUT2D eigenvalue weighted by Crippen LogP contribution is -2.59. The van der Waals surface area contributed by atoms with Gasteiger partial charge in [0.2, 0.25) is 0 Å². The van der Waals surface area contributed by atoms with Crippen LogP contribution in [0.3, 0.4) is 0 Å². The highest BCUT2D eigenvalue weighted by atomic mass is 16.5. The van der Waals surface area contributed by atoms with E-state index in [0.717, 1.165) is 43.6 Å². The Balaban J connectivity index is 1.61. The van der Waals surface area contributed by atoms with Crippen LogP contribution in [0.2, 0.25) is 0 Å². The maximum absolute atomic E-state index is 11.0. The first-order valence-electron chi connectivity index (χ1n) is 10.7. The van der Waals surface area contributed by atoms with Gasteiger partial charge >= 0.3 is 0 Å². The van der Waals surface area contributed by atoms with E-state index in [0.29, 0.717) is 23.4 Å². The highest BCUT2D eigenvalue weighted by molar-refractivity contribution is 5.10. The Kier molecular flexibility index (Phi) is 4.74. The van der Waals surface area contributed by atoms with Crippen LogP contribution in [0.5, 0.6) is 0 Å². The van der Waals surface area contributed by atoms with Crippen LogP contribution in [0, 0.1) is 34.5 Å². The van der Waals surface area contributed by atoms with Gasteiger partial charge in [-0.2, -0.15) is 0 Å². The van der Waals surface area contributed by atoms with Crippen LogP contribution in [0.4, 0.5) is 0 Å². The fourth-order valence-corrected chi connectivity index (χ4v) is 8.07. The van der Waals surface area contributed by atoms with Crippen LogP contribution in [-0.2, 0) is 9.47 Å². The minimum atomic E-state index is -0.611. The zero-order chi connectivity index (χ0) is 17.7. The summed E-state index contributed by atoms with van der Waals surface area (Å²) in [5.41, 5.74) is 0.315. The molecular weight excluding hydrogens is 312 g/mol. The second-order valence-corrected chi connectivity index (χ2v) is 10.3. The summed E-state index contributed by atoms with van der Waals surface area (Å²) in [7, 11) is 3.60. The third kappa shape index (κ3) is 2.80. The molecule has 4 aliphatic carbocycles. The molecule has 0 unspecified atom stereocenters. The van der Waals surface area contributed by atoms with Gasteiger partial charge in [0.05, 0.1) is 18.8 Å². The van der Waals surface area contributed by atoms with Crippen LogP contribution in [0.25, 0.3) is 0 Å². The summed E-state index contributed by atoms with van der Waals surface area (Å²) in [6.45, 7) is 3.96. The van der Waals surface area contributed by atoms with Crippen molar-refractivity contribution in [1.29, 1.82) is 0 Å². The molecule has 0 amide bonds. The number of hydrogen-bond donors (Lipinski definition) is 1. The van der Waals surface area contributed by atoms with Crippen LogP contribution in [0.15, 0.2) is 0 Å². The number of ether oxygens (including phenoxy) is 2. The third-order valence-corrected chi connectivity index (χ3v) is 9.13. The maximum Gasteiger partial charge on any atom is 0.0883 e. The average molecular weight is 351 g/mol. The molecule has 0 heterocycles. The lowest BCUT2D eigenvalue weighted by Gasteiger charge is -2.62. The number of hydrogen-bond acceptors (Lipinski definition) is 3. The van der Waals surface area contributed by atoms with Crippen LogP contribution < -0.4 is 0 Å². The van der Waals surface area contributed by atoms with Gasteiger partial charge in [0.25, 0.3) is 0 Å². The SMILES string of the molecule is COC[C@@]1(O)CC[C@@]2(COC)[C@@H](CC[C@H]3[C@@H]4CCC[C@@]4(C)CC[C@@H]32)C1. The van der Waals surface area contributed by atoms with E-state index in [1.54, 1.807) is 7.11 Å². The van der Waals surface area contributed by atoms with Gasteiger partial charge in [-0.3, -0.25) is 0 Å². The molecule has 4 rings (SSSR count). The molecule has 0 spiro atoms. The maximum atomic E-state index is 11.0. The van der Waals surface area contributed by atoms with Gasteiger partial charge in [0.15, 0.2) is 0 Å². The molecule has 0 aromatic rings. The normalized spacial score (nSPS) is 52.3. The fourth-order valence-electron chi connectivity index (χ4n) is 8.07. The summed E-state index contributed by atoms with van der Waals surface area (Å²) in [5, 5.41) is 11.0. The zero-order valence-electron chi connectivity index (χ0n) is 16.6. The van der Waals surface area contributed by atoms with Crippen molar-refractivity contribution in [2.45, 2.75) is 76.7 Å². The monoisotopic (exact) mass is 350 g/mol. The molecule has 3 heteroatoms. The van der Waals surface area contributed by atoms with E-state index in [2.05, 4.69) is 6.92 Å². The van der Waals surface area contributed by atoms with E-state index < -0.39 is 5.60 Å². The molecule has 0 aromatic carbocycles.